The van der Waals surface area contributed by atoms with Crippen molar-refractivity contribution in [1.29, 1.82) is 0 Å². The molecule has 1 saturated carbocycles. The van der Waals surface area contributed by atoms with Crippen molar-refractivity contribution in [3.63, 3.8) is 0 Å². The fourth-order valence-electron chi connectivity index (χ4n) is 4.37. The van der Waals surface area contributed by atoms with E-state index in [0.717, 1.165) is 24.1 Å². The molecule has 0 bridgehead atoms. The molecule has 30 heavy (non-hydrogen) atoms. The molecule has 0 aliphatic heterocycles. The van der Waals surface area contributed by atoms with Crippen molar-refractivity contribution < 1.29 is 4.79 Å². The highest BCUT2D eigenvalue weighted by Gasteiger charge is 2.20. The molecule has 0 unspecified atom stereocenters. The third-order valence-electron chi connectivity index (χ3n) is 6.04. The second-order valence-electron chi connectivity index (χ2n) is 8.03. The number of fused-ring (bicyclic) bond motifs is 1. The highest BCUT2D eigenvalue weighted by molar-refractivity contribution is 5.76. The normalized spacial score (nSPS) is 14.9. The molecule has 2 heterocycles. The molecule has 1 aromatic carbocycles. The van der Waals surface area contributed by atoms with Crippen molar-refractivity contribution in [1.82, 2.24) is 24.5 Å². The third-order valence-corrected chi connectivity index (χ3v) is 6.04. The maximum Gasteiger partial charge on any atom is 0.279 e. The Kier molecular flexibility index (Phi) is 5.97. The third kappa shape index (κ3) is 4.01. The minimum absolute atomic E-state index is 0.0208. The van der Waals surface area contributed by atoms with E-state index in [1.165, 1.54) is 23.8 Å². The number of carbonyl (C=O) groups excluding carboxylic acids is 1. The molecule has 1 N–H and O–H groups in total. The maximum absolute atomic E-state index is 13.2. The fraction of sp³-hybridized carbons (Fsp3) is 0.478. The van der Waals surface area contributed by atoms with Crippen LogP contribution in [0.25, 0.3) is 17.2 Å². The van der Waals surface area contributed by atoms with Crippen LogP contribution in [0.15, 0.2) is 35.1 Å². The van der Waals surface area contributed by atoms with Crippen LogP contribution in [0.3, 0.4) is 0 Å². The summed E-state index contributed by atoms with van der Waals surface area (Å²) in [4.78, 5) is 30.3. The molecule has 3 aromatic rings. The van der Waals surface area contributed by atoms with Gasteiger partial charge in [0.1, 0.15) is 0 Å². The van der Waals surface area contributed by atoms with Crippen molar-refractivity contribution in [3.8, 4) is 11.4 Å². The van der Waals surface area contributed by atoms with Gasteiger partial charge in [0.2, 0.25) is 11.7 Å². The van der Waals surface area contributed by atoms with Crippen LogP contribution >= 0.6 is 0 Å². The topological polar surface area (TPSA) is 81.3 Å². The van der Waals surface area contributed by atoms with Gasteiger partial charge in [0, 0.05) is 35.8 Å². The Balaban J connectivity index is 1.61. The van der Waals surface area contributed by atoms with Crippen LogP contribution in [-0.2, 0) is 17.8 Å². The summed E-state index contributed by atoms with van der Waals surface area (Å²) in [6.07, 6.45) is 6.43. The lowest BCUT2D eigenvalue weighted by molar-refractivity contribution is -0.121. The summed E-state index contributed by atoms with van der Waals surface area (Å²) < 4.78 is 3.38. The van der Waals surface area contributed by atoms with E-state index >= 15 is 0 Å². The second kappa shape index (κ2) is 8.81. The van der Waals surface area contributed by atoms with Crippen molar-refractivity contribution in [3.05, 3.63) is 51.9 Å². The van der Waals surface area contributed by atoms with E-state index in [2.05, 4.69) is 15.4 Å². The zero-order valence-electron chi connectivity index (χ0n) is 17.7. The molecule has 1 aliphatic carbocycles. The first-order chi connectivity index (χ1) is 14.6. The van der Waals surface area contributed by atoms with Gasteiger partial charge in [-0.15, -0.1) is 5.10 Å². The Morgan fingerprint density at radius 2 is 1.90 bits per heavy atom. The Morgan fingerprint density at radius 1 is 1.17 bits per heavy atom. The Hall–Kier alpha value is -2.96. The van der Waals surface area contributed by atoms with Crippen molar-refractivity contribution in [2.24, 2.45) is 0 Å². The number of nitrogens with zero attached hydrogens (tertiary/aromatic N) is 4. The molecule has 0 saturated heterocycles. The first kappa shape index (κ1) is 20.3. The summed E-state index contributed by atoms with van der Waals surface area (Å²) in [5.41, 5.74) is 2.17. The molecule has 4 rings (SSSR count). The number of amides is 1. The predicted octanol–water partition coefficient (Wildman–Crippen LogP) is 3.27. The quantitative estimate of drug-likeness (QED) is 0.680. The van der Waals surface area contributed by atoms with Gasteiger partial charge in [-0.1, -0.05) is 49.6 Å². The van der Waals surface area contributed by atoms with E-state index in [1.807, 2.05) is 48.7 Å². The average molecular weight is 408 g/mol. The predicted molar refractivity (Wildman–Crippen MR) is 116 cm³/mol. The molecule has 1 fully saturated rings. The van der Waals surface area contributed by atoms with Gasteiger partial charge in [0.05, 0.1) is 0 Å². The lowest BCUT2D eigenvalue weighted by atomic mass is 9.95. The molecule has 0 spiro atoms. The van der Waals surface area contributed by atoms with Gasteiger partial charge in [-0.05, 0) is 33.1 Å². The zero-order chi connectivity index (χ0) is 21.1. The lowest BCUT2D eigenvalue weighted by Crippen LogP contribution is -2.36. The highest BCUT2D eigenvalue weighted by Crippen LogP contribution is 2.19. The number of nitrogens with one attached hydrogen (secondary N) is 1. The molecular weight excluding hydrogens is 378 g/mol. The molecule has 7 heteroatoms. The molecule has 0 radical (unpaired) electrons. The van der Waals surface area contributed by atoms with Crippen LogP contribution in [0, 0.1) is 6.92 Å². The summed E-state index contributed by atoms with van der Waals surface area (Å²) in [6.45, 7) is 4.62. The smallest absolute Gasteiger partial charge is 0.279 e. The van der Waals surface area contributed by atoms with Gasteiger partial charge in [0.25, 0.3) is 5.56 Å². The lowest BCUT2D eigenvalue weighted by Gasteiger charge is -2.22. The Bertz CT molecular complexity index is 1090. The number of hydrogen-bond acceptors (Lipinski definition) is 4. The van der Waals surface area contributed by atoms with Crippen LogP contribution in [0.4, 0.5) is 0 Å². The van der Waals surface area contributed by atoms with Crippen LogP contribution in [0.2, 0.25) is 0 Å². The van der Waals surface area contributed by atoms with Crippen LogP contribution < -0.4 is 10.9 Å². The van der Waals surface area contributed by atoms with E-state index in [1.54, 1.807) is 0 Å². The molecular formula is C23H29N5O2. The van der Waals surface area contributed by atoms with Gasteiger partial charge in [0.15, 0.2) is 5.82 Å². The maximum atomic E-state index is 13.2. The minimum Gasteiger partial charge on any atom is -0.353 e. The van der Waals surface area contributed by atoms with Gasteiger partial charge in [-0.25, -0.2) is 0 Å². The summed E-state index contributed by atoms with van der Waals surface area (Å²) in [5, 5.41) is 7.62. The van der Waals surface area contributed by atoms with Crippen LogP contribution in [0.1, 0.15) is 56.7 Å². The van der Waals surface area contributed by atoms with E-state index in [4.69, 9.17) is 0 Å². The van der Waals surface area contributed by atoms with E-state index in [-0.39, 0.29) is 17.5 Å². The number of rotatable bonds is 6. The standard InChI is InChI=1S/C23H29N5O2/c1-3-27-16(2)19(14-15-20(29)24-18-12-8-5-9-13-18)22(30)28-23(27)25-21(26-28)17-10-6-4-7-11-17/h4,6-7,10-11,18H,3,5,8-9,12-15H2,1-2H3,(H,24,29). The van der Waals surface area contributed by atoms with Crippen LogP contribution in [0.5, 0.6) is 0 Å². The molecule has 1 amide bonds. The van der Waals surface area contributed by atoms with Gasteiger partial charge in [-0.3, -0.25) is 9.59 Å². The molecule has 1 aliphatic rings. The monoisotopic (exact) mass is 407 g/mol. The van der Waals surface area contributed by atoms with E-state index in [9.17, 15) is 9.59 Å². The number of benzene rings is 1. The first-order valence-corrected chi connectivity index (χ1v) is 10.9. The number of carbonyl (C=O) groups is 1. The number of hydrogen-bond donors (Lipinski definition) is 1. The van der Waals surface area contributed by atoms with Crippen molar-refractivity contribution in [2.75, 3.05) is 0 Å². The first-order valence-electron chi connectivity index (χ1n) is 10.9. The largest absolute Gasteiger partial charge is 0.353 e. The van der Waals surface area contributed by atoms with Gasteiger partial charge >= 0.3 is 0 Å². The molecule has 0 atom stereocenters. The molecule has 158 valence electrons. The number of aromatic nitrogens is 4. The summed E-state index contributed by atoms with van der Waals surface area (Å²) in [7, 11) is 0. The van der Waals surface area contributed by atoms with Gasteiger partial charge in [-0.2, -0.15) is 9.50 Å². The second-order valence-corrected chi connectivity index (χ2v) is 8.03. The summed E-state index contributed by atoms with van der Waals surface area (Å²) >= 11 is 0. The highest BCUT2D eigenvalue weighted by atomic mass is 16.1. The van der Waals surface area contributed by atoms with Crippen molar-refractivity contribution in [2.45, 2.75) is 71.4 Å². The van der Waals surface area contributed by atoms with Crippen LogP contribution in [-0.4, -0.2) is 31.1 Å². The molecule has 2 aromatic heterocycles. The fourth-order valence-corrected chi connectivity index (χ4v) is 4.37. The molecule has 7 nitrogen and oxygen atoms in total. The van der Waals surface area contributed by atoms with Gasteiger partial charge < -0.3 is 9.88 Å². The Morgan fingerprint density at radius 3 is 2.60 bits per heavy atom. The average Bonchev–Trinajstić information content (AvgIpc) is 3.21. The minimum atomic E-state index is -0.188. The summed E-state index contributed by atoms with van der Waals surface area (Å²) in [6, 6.07) is 9.93. The van der Waals surface area contributed by atoms with E-state index in [0.29, 0.717) is 36.6 Å². The Labute approximate surface area is 176 Å². The van der Waals surface area contributed by atoms with E-state index < -0.39 is 0 Å². The SMILES string of the molecule is CCn1c(C)c(CCC(=O)NC2CCCCC2)c(=O)n2nc(-c3ccccc3)nc12. The number of aryl methyl sites for hydroxylation is 1. The summed E-state index contributed by atoms with van der Waals surface area (Å²) in [5.74, 6) is 1.09. The zero-order valence-corrected chi connectivity index (χ0v) is 17.7. The van der Waals surface area contributed by atoms with Crippen molar-refractivity contribution >= 4 is 11.7 Å².